The molecule has 0 amide bonds. The summed E-state index contributed by atoms with van der Waals surface area (Å²) in [6.07, 6.45) is 0.494. The zero-order valence-corrected chi connectivity index (χ0v) is 10.8. The van der Waals surface area contributed by atoms with Gasteiger partial charge in [-0.3, -0.25) is 0 Å². The van der Waals surface area contributed by atoms with Crippen LogP contribution in [0.15, 0.2) is 0 Å². The third-order valence-corrected chi connectivity index (χ3v) is 2.29. The molecule has 0 saturated carbocycles. The predicted molar refractivity (Wildman–Crippen MR) is 66.4 cm³/mol. The molecule has 102 valence electrons. The normalized spacial score (nSPS) is 14.0. The molecule has 4 N–H and O–H groups in total. The Hall–Kier alpha value is -1.67. The van der Waals surface area contributed by atoms with Gasteiger partial charge in [0.05, 0.1) is 12.7 Å². The van der Waals surface area contributed by atoms with Crippen molar-refractivity contribution in [3.05, 3.63) is 0 Å². The lowest BCUT2D eigenvalue weighted by atomic mass is 10.0. The van der Waals surface area contributed by atoms with Crippen molar-refractivity contribution >= 4 is 11.9 Å². The molecule has 0 bridgehead atoms. The Kier molecular flexibility index (Phi) is 5.05. The first-order valence-electron chi connectivity index (χ1n) is 5.47. The highest BCUT2D eigenvalue weighted by molar-refractivity contribution is 5.32. The van der Waals surface area contributed by atoms with Gasteiger partial charge in [0.1, 0.15) is 0 Å². The first kappa shape index (κ1) is 14.4. The summed E-state index contributed by atoms with van der Waals surface area (Å²) in [4.78, 5) is 11.6. The van der Waals surface area contributed by atoms with Crippen molar-refractivity contribution < 1.29 is 14.6 Å². The van der Waals surface area contributed by atoms with Crippen LogP contribution in [0.5, 0.6) is 6.01 Å². The molecule has 0 aromatic carbocycles. The Morgan fingerprint density at radius 1 is 1.33 bits per heavy atom. The van der Waals surface area contributed by atoms with E-state index in [9.17, 15) is 5.11 Å². The smallest absolute Gasteiger partial charge is 0.322 e. The lowest BCUT2D eigenvalue weighted by Crippen LogP contribution is -2.35. The molecule has 8 heteroatoms. The highest BCUT2D eigenvalue weighted by Crippen LogP contribution is 2.12. The summed E-state index contributed by atoms with van der Waals surface area (Å²) in [5, 5.41) is 12.9. The lowest BCUT2D eigenvalue weighted by molar-refractivity contribution is 0.0356. The van der Waals surface area contributed by atoms with Gasteiger partial charge in [0, 0.05) is 26.7 Å². The number of nitrogens with zero attached hydrogens (tertiary/aromatic N) is 3. The van der Waals surface area contributed by atoms with Crippen molar-refractivity contribution in [1.82, 2.24) is 15.0 Å². The number of hydrogen-bond acceptors (Lipinski definition) is 8. The molecule has 8 nitrogen and oxygen atoms in total. The van der Waals surface area contributed by atoms with Crippen LogP contribution in [0.25, 0.3) is 0 Å². The van der Waals surface area contributed by atoms with Crippen LogP contribution >= 0.6 is 0 Å². The van der Waals surface area contributed by atoms with Crippen LogP contribution in [-0.2, 0) is 4.74 Å². The molecule has 0 saturated heterocycles. The van der Waals surface area contributed by atoms with Gasteiger partial charge in [-0.25, -0.2) is 0 Å². The Balaban J connectivity index is 2.59. The Morgan fingerprint density at radius 2 is 2.06 bits per heavy atom. The monoisotopic (exact) mass is 257 g/mol. The molecule has 18 heavy (non-hydrogen) atoms. The molecule has 1 atom stereocenters. The van der Waals surface area contributed by atoms with Crippen LogP contribution in [0, 0.1) is 0 Å². The quantitative estimate of drug-likeness (QED) is 0.607. The first-order valence-corrected chi connectivity index (χ1v) is 5.47. The molecule has 1 aromatic rings. The highest BCUT2D eigenvalue weighted by Gasteiger charge is 2.20. The number of nitrogens with one attached hydrogen (secondary N) is 1. The molecule has 1 aromatic heterocycles. The zero-order chi connectivity index (χ0) is 13.6. The summed E-state index contributed by atoms with van der Waals surface area (Å²) in [6.45, 7) is 2.43. The summed E-state index contributed by atoms with van der Waals surface area (Å²) in [5.41, 5.74) is 4.56. The summed E-state index contributed by atoms with van der Waals surface area (Å²) < 4.78 is 9.78. The van der Waals surface area contributed by atoms with E-state index >= 15 is 0 Å². The van der Waals surface area contributed by atoms with Gasteiger partial charge in [0.2, 0.25) is 11.9 Å². The molecule has 1 heterocycles. The van der Waals surface area contributed by atoms with E-state index in [-0.39, 0.29) is 24.5 Å². The van der Waals surface area contributed by atoms with Crippen LogP contribution < -0.4 is 15.8 Å². The number of aliphatic hydroxyl groups is 1. The van der Waals surface area contributed by atoms with Gasteiger partial charge >= 0.3 is 6.01 Å². The van der Waals surface area contributed by atoms with Gasteiger partial charge in [-0.05, 0) is 6.92 Å². The van der Waals surface area contributed by atoms with Crippen LogP contribution in [0.3, 0.4) is 0 Å². The van der Waals surface area contributed by atoms with Gasteiger partial charge in [-0.2, -0.15) is 15.0 Å². The molecule has 0 aliphatic carbocycles. The molecule has 1 unspecified atom stereocenters. The fraction of sp³-hybridized carbons (Fsp3) is 0.700. The average molecular weight is 257 g/mol. The van der Waals surface area contributed by atoms with Gasteiger partial charge in [0.15, 0.2) is 0 Å². The SMILES string of the molecule is COCCC(C)(O)CNc1nc(N)nc(OC)n1. The summed E-state index contributed by atoms with van der Waals surface area (Å²) in [5.74, 6) is 0.318. The van der Waals surface area contributed by atoms with E-state index in [1.165, 1.54) is 7.11 Å². The fourth-order valence-electron chi connectivity index (χ4n) is 1.22. The molecule has 1 rings (SSSR count). The minimum Gasteiger partial charge on any atom is -0.467 e. The lowest BCUT2D eigenvalue weighted by Gasteiger charge is -2.23. The Bertz CT molecular complexity index is 386. The van der Waals surface area contributed by atoms with Crippen molar-refractivity contribution in [2.75, 3.05) is 38.4 Å². The van der Waals surface area contributed by atoms with Crippen LogP contribution in [-0.4, -0.2) is 53.0 Å². The number of anilines is 2. The zero-order valence-electron chi connectivity index (χ0n) is 10.8. The van der Waals surface area contributed by atoms with Gasteiger partial charge < -0.3 is 25.6 Å². The number of methoxy groups -OCH3 is 2. The first-order chi connectivity index (χ1) is 8.46. The number of rotatable bonds is 7. The van der Waals surface area contributed by atoms with E-state index in [4.69, 9.17) is 15.2 Å². The highest BCUT2D eigenvalue weighted by atomic mass is 16.5. The van der Waals surface area contributed by atoms with E-state index in [0.717, 1.165) is 0 Å². The van der Waals surface area contributed by atoms with Crippen LogP contribution in [0.2, 0.25) is 0 Å². The number of nitrogen functional groups attached to an aromatic ring is 1. The summed E-state index contributed by atoms with van der Waals surface area (Å²) in [7, 11) is 3.02. The number of aromatic nitrogens is 3. The van der Waals surface area contributed by atoms with E-state index in [0.29, 0.717) is 13.0 Å². The molecule has 0 aliphatic rings. The van der Waals surface area contributed by atoms with Crippen LogP contribution in [0.4, 0.5) is 11.9 Å². The van der Waals surface area contributed by atoms with Crippen molar-refractivity contribution in [3.8, 4) is 6.01 Å². The Labute approximate surface area is 106 Å². The van der Waals surface area contributed by atoms with Crippen molar-refractivity contribution in [3.63, 3.8) is 0 Å². The summed E-state index contributed by atoms with van der Waals surface area (Å²) >= 11 is 0. The Morgan fingerprint density at radius 3 is 2.67 bits per heavy atom. The fourth-order valence-corrected chi connectivity index (χ4v) is 1.22. The van der Waals surface area contributed by atoms with Crippen molar-refractivity contribution in [1.29, 1.82) is 0 Å². The van der Waals surface area contributed by atoms with Crippen molar-refractivity contribution in [2.45, 2.75) is 18.9 Å². The molecular weight excluding hydrogens is 238 g/mol. The molecule has 0 spiro atoms. The third-order valence-electron chi connectivity index (χ3n) is 2.29. The summed E-state index contributed by atoms with van der Waals surface area (Å²) in [6, 6.07) is 0.126. The predicted octanol–water partition coefficient (Wildman–Crippen LogP) is -0.338. The molecule has 0 aliphatic heterocycles. The molecule has 0 fully saturated rings. The second-order valence-corrected chi connectivity index (χ2v) is 4.10. The maximum Gasteiger partial charge on any atom is 0.322 e. The average Bonchev–Trinajstić information content (AvgIpc) is 2.33. The van der Waals surface area contributed by atoms with Gasteiger partial charge in [0.25, 0.3) is 0 Å². The van der Waals surface area contributed by atoms with E-state index < -0.39 is 5.60 Å². The standard InChI is InChI=1S/C10H19N5O3/c1-10(16,4-5-17-2)6-12-8-13-7(11)14-9(15-8)18-3/h16H,4-6H2,1-3H3,(H3,11,12,13,14,15). The van der Waals surface area contributed by atoms with Crippen LogP contribution in [0.1, 0.15) is 13.3 Å². The maximum absolute atomic E-state index is 10.0. The molecule has 0 radical (unpaired) electrons. The van der Waals surface area contributed by atoms with Gasteiger partial charge in [-0.15, -0.1) is 0 Å². The van der Waals surface area contributed by atoms with E-state index in [1.54, 1.807) is 14.0 Å². The number of nitrogens with two attached hydrogens (primary N) is 1. The third kappa shape index (κ3) is 4.68. The number of hydrogen-bond donors (Lipinski definition) is 3. The topological polar surface area (TPSA) is 115 Å². The van der Waals surface area contributed by atoms with Crippen molar-refractivity contribution in [2.24, 2.45) is 0 Å². The minimum absolute atomic E-state index is 0.0564. The van der Waals surface area contributed by atoms with E-state index in [2.05, 4.69) is 20.3 Å². The van der Waals surface area contributed by atoms with Gasteiger partial charge in [-0.1, -0.05) is 0 Å². The minimum atomic E-state index is -0.926. The maximum atomic E-state index is 10.0. The number of ether oxygens (including phenoxy) is 2. The largest absolute Gasteiger partial charge is 0.467 e. The second kappa shape index (κ2) is 6.31. The van der Waals surface area contributed by atoms with E-state index in [1.807, 2.05) is 0 Å². The second-order valence-electron chi connectivity index (χ2n) is 4.10. The molecular formula is C10H19N5O3.